The van der Waals surface area contributed by atoms with E-state index in [-0.39, 0.29) is 23.3 Å². The molecule has 3 heterocycles. The number of alkyl halides is 3. The third-order valence-electron chi connectivity index (χ3n) is 6.17. The van der Waals surface area contributed by atoms with E-state index >= 15 is 0 Å². The average Bonchev–Trinajstić information content (AvgIpc) is 2.95. The van der Waals surface area contributed by atoms with Crippen molar-refractivity contribution in [3.63, 3.8) is 0 Å². The van der Waals surface area contributed by atoms with Gasteiger partial charge < -0.3 is 9.80 Å². The summed E-state index contributed by atoms with van der Waals surface area (Å²) in [5.74, 6) is -0.863. The topological polar surface area (TPSA) is 36.4 Å². The maximum absolute atomic E-state index is 13.8. The Kier molecular flexibility index (Phi) is 4.98. The Labute approximate surface area is 172 Å². The minimum Gasteiger partial charge on any atom is -0.363 e. The van der Waals surface area contributed by atoms with Gasteiger partial charge in [-0.25, -0.2) is 4.39 Å². The van der Waals surface area contributed by atoms with Crippen LogP contribution in [0.5, 0.6) is 0 Å². The highest BCUT2D eigenvalue weighted by molar-refractivity contribution is 5.95. The molecule has 0 N–H and O–H groups in total. The van der Waals surface area contributed by atoms with E-state index in [1.165, 1.54) is 17.0 Å². The third kappa shape index (κ3) is 3.63. The van der Waals surface area contributed by atoms with Gasteiger partial charge in [-0.05, 0) is 56.9 Å². The van der Waals surface area contributed by atoms with Crippen molar-refractivity contribution in [3.8, 4) is 0 Å². The van der Waals surface area contributed by atoms with Crippen molar-refractivity contribution in [1.82, 2.24) is 9.88 Å². The summed E-state index contributed by atoms with van der Waals surface area (Å²) in [6, 6.07) is 7.39. The standard InChI is InChI=1S/C22H23F4N3O/c1-21(2)11-14-13-28(20(30)17-12-27-8-6-18(17)22(24,25)26)9-7-19(14)29(21)16-5-3-4-15(23)10-16/h3-6,8,10,12,14,19H,7,9,11,13H2,1-2H3/t14-,19+/m1/s1. The molecule has 2 aliphatic heterocycles. The maximum Gasteiger partial charge on any atom is 0.417 e. The fourth-order valence-corrected chi connectivity index (χ4v) is 5.08. The number of halogens is 4. The molecule has 0 saturated carbocycles. The zero-order valence-electron chi connectivity index (χ0n) is 16.8. The van der Waals surface area contributed by atoms with Crippen LogP contribution in [0.25, 0.3) is 0 Å². The molecule has 1 aromatic heterocycles. The number of amides is 1. The second-order valence-electron chi connectivity index (χ2n) is 8.65. The van der Waals surface area contributed by atoms with Gasteiger partial charge in [0.15, 0.2) is 0 Å². The van der Waals surface area contributed by atoms with E-state index in [0.717, 1.165) is 30.6 Å². The Balaban J connectivity index is 1.58. The molecule has 0 radical (unpaired) electrons. The zero-order valence-corrected chi connectivity index (χ0v) is 16.8. The van der Waals surface area contributed by atoms with Crippen LogP contribution in [-0.4, -0.2) is 40.5 Å². The van der Waals surface area contributed by atoms with Gasteiger partial charge >= 0.3 is 6.18 Å². The maximum atomic E-state index is 13.8. The van der Waals surface area contributed by atoms with Gasteiger partial charge in [-0.15, -0.1) is 0 Å². The molecule has 2 saturated heterocycles. The fraction of sp³-hybridized carbons (Fsp3) is 0.455. The number of hydrogen-bond acceptors (Lipinski definition) is 3. The molecule has 1 amide bonds. The smallest absolute Gasteiger partial charge is 0.363 e. The van der Waals surface area contributed by atoms with E-state index in [1.54, 1.807) is 6.07 Å². The molecule has 8 heteroatoms. The largest absolute Gasteiger partial charge is 0.417 e. The molecular formula is C22H23F4N3O. The molecule has 2 fully saturated rings. The Hall–Kier alpha value is -2.64. The first kappa shape index (κ1) is 20.6. The van der Waals surface area contributed by atoms with Gasteiger partial charge in [0.1, 0.15) is 5.82 Å². The summed E-state index contributed by atoms with van der Waals surface area (Å²) in [7, 11) is 0. The molecular weight excluding hydrogens is 398 g/mol. The number of carbonyl (C=O) groups excluding carboxylic acids is 1. The molecule has 160 valence electrons. The molecule has 0 aliphatic carbocycles. The zero-order chi connectivity index (χ0) is 21.7. The van der Waals surface area contributed by atoms with Gasteiger partial charge in [-0.1, -0.05) is 6.07 Å². The number of rotatable bonds is 2. The Bertz CT molecular complexity index is 959. The molecule has 2 aliphatic rings. The van der Waals surface area contributed by atoms with Gasteiger partial charge in [-0.3, -0.25) is 9.78 Å². The number of piperidine rings is 1. The molecule has 0 bridgehead atoms. The lowest BCUT2D eigenvalue weighted by molar-refractivity contribution is -0.138. The number of aromatic nitrogens is 1. The van der Waals surface area contributed by atoms with Crippen molar-refractivity contribution in [2.24, 2.45) is 5.92 Å². The number of fused-ring (bicyclic) bond motifs is 1. The van der Waals surface area contributed by atoms with E-state index in [0.29, 0.717) is 19.5 Å². The number of likely N-dealkylation sites (tertiary alicyclic amines) is 1. The normalized spacial score (nSPS) is 23.4. The summed E-state index contributed by atoms with van der Waals surface area (Å²) in [6.45, 7) is 4.86. The number of carbonyl (C=O) groups is 1. The van der Waals surface area contributed by atoms with Gasteiger partial charge in [-0.2, -0.15) is 13.2 Å². The highest BCUT2D eigenvalue weighted by Gasteiger charge is 2.49. The van der Waals surface area contributed by atoms with Crippen LogP contribution in [0, 0.1) is 11.7 Å². The van der Waals surface area contributed by atoms with Gasteiger partial charge in [0.25, 0.3) is 5.91 Å². The predicted molar refractivity (Wildman–Crippen MR) is 105 cm³/mol. The van der Waals surface area contributed by atoms with E-state index in [9.17, 15) is 22.4 Å². The molecule has 30 heavy (non-hydrogen) atoms. The van der Waals surface area contributed by atoms with E-state index in [2.05, 4.69) is 23.7 Å². The van der Waals surface area contributed by atoms with Crippen LogP contribution in [0.3, 0.4) is 0 Å². The average molecular weight is 421 g/mol. The van der Waals surface area contributed by atoms with E-state index < -0.39 is 23.2 Å². The SMILES string of the molecule is CC1(C)C[C@@H]2CN(C(=O)c3cnccc3C(F)(F)F)CC[C@@H]2N1c1cccc(F)c1. The van der Waals surface area contributed by atoms with Crippen LogP contribution >= 0.6 is 0 Å². The summed E-state index contributed by atoms with van der Waals surface area (Å²) in [6.07, 6.45) is -1.21. The van der Waals surface area contributed by atoms with Crippen LogP contribution < -0.4 is 4.90 Å². The number of hydrogen-bond donors (Lipinski definition) is 0. The van der Waals surface area contributed by atoms with Crippen molar-refractivity contribution >= 4 is 11.6 Å². The Morgan fingerprint density at radius 3 is 2.70 bits per heavy atom. The summed E-state index contributed by atoms with van der Waals surface area (Å²) < 4.78 is 53.8. The van der Waals surface area contributed by atoms with Crippen molar-refractivity contribution < 1.29 is 22.4 Å². The van der Waals surface area contributed by atoms with Crippen LogP contribution in [0.2, 0.25) is 0 Å². The second-order valence-corrected chi connectivity index (χ2v) is 8.65. The Morgan fingerprint density at radius 1 is 1.23 bits per heavy atom. The minimum atomic E-state index is -4.62. The quantitative estimate of drug-likeness (QED) is 0.656. The highest BCUT2D eigenvalue weighted by Crippen LogP contribution is 2.45. The number of nitrogens with zero attached hydrogens (tertiary/aromatic N) is 3. The molecule has 0 spiro atoms. The van der Waals surface area contributed by atoms with Crippen LogP contribution in [-0.2, 0) is 6.18 Å². The van der Waals surface area contributed by atoms with Crippen molar-refractivity contribution in [3.05, 3.63) is 59.7 Å². The lowest BCUT2D eigenvalue weighted by Crippen LogP contribution is -2.50. The van der Waals surface area contributed by atoms with Crippen LogP contribution in [0.1, 0.15) is 42.6 Å². The summed E-state index contributed by atoms with van der Waals surface area (Å²) in [5, 5.41) is 0. The van der Waals surface area contributed by atoms with Crippen molar-refractivity contribution in [2.75, 3.05) is 18.0 Å². The first-order valence-electron chi connectivity index (χ1n) is 9.93. The second kappa shape index (κ2) is 7.25. The molecule has 0 unspecified atom stereocenters. The van der Waals surface area contributed by atoms with Crippen LogP contribution in [0.4, 0.5) is 23.2 Å². The molecule has 2 aromatic rings. The monoisotopic (exact) mass is 421 g/mol. The van der Waals surface area contributed by atoms with E-state index in [1.807, 2.05) is 6.07 Å². The van der Waals surface area contributed by atoms with Gasteiger partial charge in [0, 0.05) is 42.8 Å². The minimum absolute atomic E-state index is 0.0898. The van der Waals surface area contributed by atoms with Crippen molar-refractivity contribution in [1.29, 1.82) is 0 Å². The first-order chi connectivity index (χ1) is 14.1. The van der Waals surface area contributed by atoms with Gasteiger partial charge in [0.2, 0.25) is 0 Å². The lowest BCUT2D eigenvalue weighted by Gasteiger charge is -2.42. The summed E-state index contributed by atoms with van der Waals surface area (Å²) in [4.78, 5) is 20.4. The molecule has 4 nitrogen and oxygen atoms in total. The van der Waals surface area contributed by atoms with E-state index in [4.69, 9.17) is 0 Å². The predicted octanol–water partition coefficient (Wildman–Crippen LogP) is 4.76. The lowest BCUT2D eigenvalue weighted by atomic mass is 9.89. The molecule has 1 aromatic carbocycles. The van der Waals surface area contributed by atoms with Gasteiger partial charge in [0.05, 0.1) is 11.1 Å². The third-order valence-corrected chi connectivity index (χ3v) is 6.17. The van der Waals surface area contributed by atoms with Crippen LogP contribution in [0.15, 0.2) is 42.7 Å². The number of benzene rings is 1. The molecule has 2 atom stereocenters. The highest BCUT2D eigenvalue weighted by atomic mass is 19.4. The molecule has 4 rings (SSSR count). The Morgan fingerprint density at radius 2 is 2.00 bits per heavy atom. The number of anilines is 1. The fourth-order valence-electron chi connectivity index (χ4n) is 5.08. The number of pyridine rings is 1. The summed E-state index contributed by atoms with van der Waals surface area (Å²) >= 11 is 0. The first-order valence-corrected chi connectivity index (χ1v) is 9.93. The van der Waals surface area contributed by atoms with Crippen molar-refractivity contribution in [2.45, 2.75) is 44.4 Å². The summed E-state index contributed by atoms with van der Waals surface area (Å²) in [5.41, 5.74) is -0.840.